The van der Waals surface area contributed by atoms with Crippen LogP contribution >= 0.6 is 24.0 Å². The number of fused-ring (bicyclic) bond motifs is 1. The molecule has 1 aromatic heterocycles. The molecule has 1 aliphatic heterocycles. The summed E-state index contributed by atoms with van der Waals surface area (Å²) in [5.74, 6) is 0.284. The van der Waals surface area contributed by atoms with Crippen molar-refractivity contribution in [3.63, 3.8) is 0 Å². The highest BCUT2D eigenvalue weighted by Crippen LogP contribution is 2.31. The van der Waals surface area contributed by atoms with Crippen molar-refractivity contribution in [2.75, 3.05) is 13.1 Å². The Morgan fingerprint density at radius 1 is 1.48 bits per heavy atom. The summed E-state index contributed by atoms with van der Waals surface area (Å²) in [6, 6.07) is 5.59. The zero-order valence-electron chi connectivity index (χ0n) is 11.8. The van der Waals surface area contributed by atoms with Gasteiger partial charge in [-0.15, -0.1) is 12.4 Å². The highest BCUT2D eigenvalue weighted by Gasteiger charge is 2.27. The topological polar surface area (TPSA) is 59.5 Å². The zero-order valence-corrected chi connectivity index (χ0v) is 13.3. The fraction of sp³-hybridized carbons (Fsp3) is 0.400. The van der Waals surface area contributed by atoms with Crippen molar-refractivity contribution in [2.45, 2.75) is 25.8 Å². The first-order chi connectivity index (χ1) is 9.58. The van der Waals surface area contributed by atoms with E-state index in [9.17, 15) is 4.79 Å². The fourth-order valence-corrected chi connectivity index (χ4v) is 2.96. The van der Waals surface area contributed by atoms with Crippen LogP contribution in [0.3, 0.4) is 0 Å². The van der Waals surface area contributed by atoms with Gasteiger partial charge in [0.2, 0.25) is 0 Å². The van der Waals surface area contributed by atoms with Gasteiger partial charge < -0.3 is 15.1 Å². The normalized spacial score (nSPS) is 18.6. The lowest BCUT2D eigenvalue weighted by molar-refractivity contribution is 0.0678. The summed E-state index contributed by atoms with van der Waals surface area (Å²) in [5, 5.41) is 1.42. The van der Waals surface area contributed by atoms with Crippen molar-refractivity contribution < 1.29 is 9.21 Å². The van der Waals surface area contributed by atoms with E-state index in [0.717, 1.165) is 30.3 Å². The molecule has 3 rings (SSSR count). The molecule has 1 fully saturated rings. The summed E-state index contributed by atoms with van der Waals surface area (Å²) in [6.07, 6.45) is 1.90. The zero-order chi connectivity index (χ0) is 14.3. The molecule has 1 aliphatic rings. The van der Waals surface area contributed by atoms with Gasteiger partial charge in [-0.05, 0) is 25.8 Å². The van der Waals surface area contributed by atoms with Gasteiger partial charge in [-0.1, -0.05) is 23.7 Å². The molecule has 21 heavy (non-hydrogen) atoms. The summed E-state index contributed by atoms with van der Waals surface area (Å²) in [6.45, 7) is 3.21. The predicted octanol–water partition coefficient (Wildman–Crippen LogP) is 3.38. The quantitative estimate of drug-likeness (QED) is 0.872. The Hall–Kier alpha value is -1.23. The van der Waals surface area contributed by atoms with E-state index in [2.05, 4.69) is 0 Å². The van der Waals surface area contributed by atoms with Crippen molar-refractivity contribution in [3.8, 4) is 0 Å². The molecule has 2 N–H and O–H groups in total. The second-order valence-corrected chi connectivity index (χ2v) is 5.73. The number of aryl methyl sites for hydroxylation is 1. The number of amides is 1. The Labute approximate surface area is 134 Å². The third kappa shape index (κ3) is 2.89. The predicted molar refractivity (Wildman–Crippen MR) is 86.3 cm³/mol. The van der Waals surface area contributed by atoms with Crippen LogP contribution in [0.4, 0.5) is 0 Å². The second kappa shape index (κ2) is 6.26. The van der Waals surface area contributed by atoms with Gasteiger partial charge in [-0.2, -0.15) is 0 Å². The Kier molecular flexibility index (Phi) is 4.81. The van der Waals surface area contributed by atoms with Gasteiger partial charge in [0.1, 0.15) is 0 Å². The number of carbonyl (C=O) groups is 1. The maximum atomic E-state index is 12.6. The number of nitrogens with two attached hydrogens (primary N) is 1. The Morgan fingerprint density at radius 3 is 2.90 bits per heavy atom. The van der Waals surface area contributed by atoms with Crippen molar-refractivity contribution in [3.05, 3.63) is 34.5 Å². The number of para-hydroxylation sites is 1. The number of furan rings is 1. The van der Waals surface area contributed by atoms with E-state index in [0.29, 0.717) is 22.9 Å². The molecular formula is C15H18Cl2N2O2. The van der Waals surface area contributed by atoms with Crippen molar-refractivity contribution in [2.24, 2.45) is 5.73 Å². The first kappa shape index (κ1) is 16.1. The average molecular weight is 329 g/mol. The van der Waals surface area contributed by atoms with Crippen LogP contribution in [0, 0.1) is 6.92 Å². The molecule has 6 heteroatoms. The number of piperidine rings is 1. The smallest absolute Gasteiger partial charge is 0.289 e. The lowest BCUT2D eigenvalue weighted by atomic mass is 10.1. The standard InChI is InChI=1S/C15H17ClN2O2.ClH/c1-9-11-5-2-6-12(16)14(11)20-13(9)15(19)18-7-3-4-10(17)8-18;/h2,5-6,10H,3-4,7-8,17H2,1H3;1H. The van der Waals surface area contributed by atoms with Crippen molar-refractivity contribution in [1.82, 2.24) is 4.90 Å². The van der Waals surface area contributed by atoms with Gasteiger partial charge in [-0.25, -0.2) is 0 Å². The Bertz CT molecular complexity index is 669. The number of halogens is 2. The highest BCUT2D eigenvalue weighted by molar-refractivity contribution is 6.35. The molecule has 0 radical (unpaired) electrons. The molecule has 114 valence electrons. The summed E-state index contributed by atoms with van der Waals surface area (Å²) in [4.78, 5) is 14.4. The summed E-state index contributed by atoms with van der Waals surface area (Å²) in [7, 11) is 0. The van der Waals surface area contributed by atoms with E-state index in [1.54, 1.807) is 11.0 Å². The first-order valence-corrected chi connectivity index (χ1v) is 7.18. The van der Waals surface area contributed by atoms with Gasteiger partial charge in [0.15, 0.2) is 11.3 Å². The second-order valence-electron chi connectivity index (χ2n) is 5.33. The minimum atomic E-state index is -0.0927. The van der Waals surface area contributed by atoms with Crippen LogP contribution in [0.1, 0.15) is 29.0 Å². The molecule has 0 saturated carbocycles. The monoisotopic (exact) mass is 328 g/mol. The van der Waals surface area contributed by atoms with Crippen molar-refractivity contribution in [1.29, 1.82) is 0 Å². The van der Waals surface area contributed by atoms with E-state index in [-0.39, 0.29) is 24.4 Å². The summed E-state index contributed by atoms with van der Waals surface area (Å²) >= 11 is 6.12. The first-order valence-electron chi connectivity index (χ1n) is 6.80. The molecule has 1 aromatic carbocycles. The SMILES string of the molecule is Cc1c(C(=O)N2CCCC(N)C2)oc2c(Cl)cccc12.Cl. The summed E-state index contributed by atoms with van der Waals surface area (Å²) in [5.41, 5.74) is 7.35. The third-order valence-electron chi connectivity index (χ3n) is 3.86. The number of carbonyl (C=O) groups excluding carboxylic acids is 1. The Balaban J connectivity index is 0.00000161. The largest absolute Gasteiger partial charge is 0.449 e. The van der Waals surface area contributed by atoms with Crippen LogP contribution < -0.4 is 5.73 Å². The fourth-order valence-electron chi connectivity index (χ4n) is 2.75. The number of nitrogens with zero attached hydrogens (tertiary/aromatic N) is 1. The van der Waals surface area contributed by atoms with Gasteiger partial charge in [0.25, 0.3) is 5.91 Å². The van der Waals surface area contributed by atoms with Gasteiger partial charge in [0, 0.05) is 30.1 Å². The molecule has 4 nitrogen and oxygen atoms in total. The molecule has 1 saturated heterocycles. The maximum absolute atomic E-state index is 12.6. The molecule has 0 bridgehead atoms. The molecule has 2 aromatic rings. The average Bonchev–Trinajstić information content (AvgIpc) is 2.77. The molecular weight excluding hydrogens is 311 g/mol. The number of hydrogen-bond donors (Lipinski definition) is 1. The van der Waals surface area contributed by atoms with Gasteiger partial charge in [-0.3, -0.25) is 4.79 Å². The van der Waals surface area contributed by atoms with E-state index >= 15 is 0 Å². The lowest BCUT2D eigenvalue weighted by Gasteiger charge is -2.30. The van der Waals surface area contributed by atoms with E-state index in [1.165, 1.54) is 0 Å². The van der Waals surface area contributed by atoms with Crippen LogP contribution in [-0.4, -0.2) is 29.9 Å². The van der Waals surface area contributed by atoms with E-state index < -0.39 is 0 Å². The molecule has 0 aliphatic carbocycles. The van der Waals surface area contributed by atoms with Gasteiger partial charge in [0.05, 0.1) is 5.02 Å². The number of benzene rings is 1. The highest BCUT2D eigenvalue weighted by atomic mass is 35.5. The number of hydrogen-bond acceptors (Lipinski definition) is 3. The molecule has 1 atom stereocenters. The van der Waals surface area contributed by atoms with Crippen molar-refractivity contribution >= 4 is 40.9 Å². The van der Waals surface area contributed by atoms with Crippen LogP contribution in [0.2, 0.25) is 5.02 Å². The maximum Gasteiger partial charge on any atom is 0.289 e. The third-order valence-corrected chi connectivity index (χ3v) is 4.15. The van der Waals surface area contributed by atoms with E-state index in [4.69, 9.17) is 21.8 Å². The van der Waals surface area contributed by atoms with E-state index in [1.807, 2.05) is 19.1 Å². The number of rotatable bonds is 1. The van der Waals surface area contributed by atoms with Gasteiger partial charge >= 0.3 is 0 Å². The lowest BCUT2D eigenvalue weighted by Crippen LogP contribution is -2.45. The van der Waals surface area contributed by atoms with Crippen LogP contribution in [-0.2, 0) is 0 Å². The molecule has 2 heterocycles. The number of likely N-dealkylation sites (tertiary alicyclic amines) is 1. The van der Waals surface area contributed by atoms with Crippen LogP contribution in [0.5, 0.6) is 0 Å². The minimum Gasteiger partial charge on any atom is -0.449 e. The molecule has 0 spiro atoms. The Morgan fingerprint density at radius 2 is 2.24 bits per heavy atom. The van der Waals surface area contributed by atoms with Crippen LogP contribution in [0.25, 0.3) is 11.0 Å². The van der Waals surface area contributed by atoms with Crippen LogP contribution in [0.15, 0.2) is 22.6 Å². The summed E-state index contributed by atoms with van der Waals surface area (Å²) < 4.78 is 5.72. The molecule has 1 amide bonds. The minimum absolute atomic E-state index is 0. The molecule has 1 unspecified atom stereocenters.